The van der Waals surface area contributed by atoms with Crippen LogP contribution in [0.15, 0.2) is 40.9 Å². The Labute approximate surface area is 172 Å². The van der Waals surface area contributed by atoms with Gasteiger partial charge >= 0.3 is 0 Å². The molecule has 3 rings (SSSR count). The summed E-state index contributed by atoms with van der Waals surface area (Å²) in [6.07, 6.45) is 2.21. The van der Waals surface area contributed by atoms with Crippen molar-refractivity contribution in [3.63, 3.8) is 0 Å². The Kier molecular flexibility index (Phi) is 6.93. The summed E-state index contributed by atoms with van der Waals surface area (Å²) in [4.78, 5) is 13.5. The molecule has 1 aromatic carbocycles. The first-order valence-electron chi connectivity index (χ1n) is 8.68. The van der Waals surface area contributed by atoms with Crippen molar-refractivity contribution in [2.75, 3.05) is 5.75 Å². The van der Waals surface area contributed by atoms with Crippen molar-refractivity contribution in [3.8, 4) is 11.4 Å². The van der Waals surface area contributed by atoms with Gasteiger partial charge in [-0.05, 0) is 30.2 Å². The summed E-state index contributed by atoms with van der Waals surface area (Å²) in [7, 11) is 1.93. The Balaban J connectivity index is 1.54. The van der Waals surface area contributed by atoms with Gasteiger partial charge in [-0.1, -0.05) is 48.8 Å². The number of rotatable bonds is 8. The molecule has 2 aromatic heterocycles. The van der Waals surface area contributed by atoms with Crippen LogP contribution in [0.1, 0.15) is 23.8 Å². The van der Waals surface area contributed by atoms with Gasteiger partial charge in [0.15, 0.2) is 11.0 Å². The van der Waals surface area contributed by atoms with E-state index in [1.54, 1.807) is 11.3 Å². The molecule has 1 amide bonds. The number of hydrogen-bond donors (Lipinski definition) is 1. The van der Waals surface area contributed by atoms with E-state index < -0.39 is 0 Å². The second-order valence-electron chi connectivity index (χ2n) is 6.11. The Morgan fingerprint density at radius 3 is 2.81 bits per heavy atom. The lowest BCUT2D eigenvalue weighted by Gasteiger charge is -2.06. The maximum atomic E-state index is 12.1. The van der Waals surface area contributed by atoms with Gasteiger partial charge in [-0.25, -0.2) is 0 Å². The van der Waals surface area contributed by atoms with Gasteiger partial charge in [-0.2, -0.15) is 0 Å². The quantitative estimate of drug-likeness (QED) is 0.543. The number of nitrogens with one attached hydrogen (secondary N) is 1. The molecule has 0 fully saturated rings. The average Bonchev–Trinajstić information content (AvgIpc) is 3.26. The number of aromatic nitrogens is 3. The minimum absolute atomic E-state index is 0.0414. The fourth-order valence-electron chi connectivity index (χ4n) is 2.55. The van der Waals surface area contributed by atoms with Gasteiger partial charge in [-0.3, -0.25) is 4.79 Å². The van der Waals surface area contributed by atoms with Gasteiger partial charge in [0, 0.05) is 34.4 Å². The van der Waals surface area contributed by atoms with Crippen LogP contribution in [0.5, 0.6) is 0 Å². The minimum Gasteiger partial charge on any atom is -0.351 e. The lowest BCUT2D eigenvalue weighted by Crippen LogP contribution is -2.24. The topological polar surface area (TPSA) is 59.8 Å². The number of hydrogen-bond acceptors (Lipinski definition) is 5. The van der Waals surface area contributed by atoms with Crippen LogP contribution in [0.4, 0.5) is 0 Å². The molecule has 27 heavy (non-hydrogen) atoms. The Hall–Kier alpha value is -1.83. The number of benzene rings is 1. The van der Waals surface area contributed by atoms with E-state index in [1.165, 1.54) is 16.6 Å². The highest BCUT2D eigenvalue weighted by Gasteiger charge is 2.14. The van der Waals surface area contributed by atoms with Gasteiger partial charge in [0.1, 0.15) is 0 Å². The molecule has 0 saturated heterocycles. The first-order chi connectivity index (χ1) is 13.1. The van der Waals surface area contributed by atoms with Crippen LogP contribution in [-0.4, -0.2) is 26.4 Å². The Morgan fingerprint density at radius 2 is 2.07 bits per heavy atom. The van der Waals surface area contributed by atoms with E-state index >= 15 is 0 Å². The molecule has 0 radical (unpaired) electrons. The molecule has 0 saturated carbocycles. The largest absolute Gasteiger partial charge is 0.351 e. The predicted octanol–water partition coefficient (Wildman–Crippen LogP) is 4.56. The Bertz CT molecular complexity index is 905. The van der Waals surface area contributed by atoms with Crippen molar-refractivity contribution in [1.29, 1.82) is 0 Å². The lowest BCUT2D eigenvalue weighted by molar-refractivity contribution is -0.118. The molecule has 1 N–H and O–H groups in total. The molecule has 0 spiro atoms. The van der Waals surface area contributed by atoms with Gasteiger partial charge in [0.2, 0.25) is 5.91 Å². The van der Waals surface area contributed by atoms with Crippen molar-refractivity contribution in [3.05, 3.63) is 51.2 Å². The summed E-state index contributed by atoms with van der Waals surface area (Å²) in [6, 6.07) is 9.60. The molecule has 0 aliphatic carbocycles. The zero-order chi connectivity index (χ0) is 19.2. The Morgan fingerprint density at radius 1 is 1.30 bits per heavy atom. The first kappa shape index (κ1) is 19.9. The molecule has 0 aliphatic heterocycles. The van der Waals surface area contributed by atoms with Crippen LogP contribution >= 0.6 is 34.7 Å². The van der Waals surface area contributed by atoms with E-state index in [1.807, 2.05) is 35.9 Å². The number of aryl methyl sites for hydroxylation is 1. The summed E-state index contributed by atoms with van der Waals surface area (Å²) < 4.78 is 1.94. The van der Waals surface area contributed by atoms with Crippen LogP contribution in [-0.2, 0) is 24.8 Å². The number of thiophene rings is 1. The van der Waals surface area contributed by atoms with Crippen LogP contribution in [0.25, 0.3) is 11.4 Å². The third-order valence-electron chi connectivity index (χ3n) is 3.98. The molecule has 8 heteroatoms. The number of nitrogens with zero attached hydrogens (tertiary/aromatic N) is 3. The summed E-state index contributed by atoms with van der Waals surface area (Å²) in [5.41, 5.74) is 2.09. The number of amides is 1. The molecule has 0 bridgehead atoms. The summed E-state index contributed by atoms with van der Waals surface area (Å²) in [5.74, 6) is 1.09. The average molecular weight is 421 g/mol. The monoisotopic (exact) mass is 420 g/mol. The van der Waals surface area contributed by atoms with E-state index in [0.29, 0.717) is 17.3 Å². The number of carbonyl (C=O) groups excluding carboxylic acids is 1. The maximum absolute atomic E-state index is 12.1. The van der Waals surface area contributed by atoms with Gasteiger partial charge < -0.3 is 9.88 Å². The molecule has 0 aliphatic rings. The van der Waals surface area contributed by atoms with Crippen molar-refractivity contribution >= 4 is 40.6 Å². The zero-order valence-corrected chi connectivity index (χ0v) is 17.6. The van der Waals surface area contributed by atoms with Crippen molar-refractivity contribution < 1.29 is 4.79 Å². The van der Waals surface area contributed by atoms with Crippen molar-refractivity contribution in [2.24, 2.45) is 7.05 Å². The molecule has 0 unspecified atom stereocenters. The fourth-order valence-corrected chi connectivity index (χ4v) is 4.39. The smallest absolute Gasteiger partial charge is 0.230 e. The molecular weight excluding hydrogens is 400 g/mol. The molecule has 5 nitrogen and oxygen atoms in total. The van der Waals surface area contributed by atoms with Gasteiger partial charge in [0.25, 0.3) is 0 Å². The standard InChI is InChI=1S/C19H21ClN4OS2/c1-3-4-16-9-14(11-26-16)18-22-23-19(24(18)2)27-12-17(25)21-10-13-5-7-15(20)8-6-13/h5-9,11H,3-4,10,12H2,1-2H3,(H,21,25). The van der Waals surface area contributed by atoms with Gasteiger partial charge in [0.05, 0.1) is 5.75 Å². The van der Waals surface area contributed by atoms with Crippen LogP contribution in [0.3, 0.4) is 0 Å². The first-order valence-corrected chi connectivity index (χ1v) is 10.9. The molecule has 142 valence electrons. The second kappa shape index (κ2) is 9.39. The highest BCUT2D eigenvalue weighted by atomic mass is 35.5. The molecule has 3 aromatic rings. The third kappa shape index (κ3) is 5.34. The van der Waals surface area contributed by atoms with E-state index in [4.69, 9.17) is 11.6 Å². The van der Waals surface area contributed by atoms with Crippen LogP contribution in [0, 0.1) is 0 Å². The molecule has 2 heterocycles. The van der Waals surface area contributed by atoms with Gasteiger partial charge in [-0.15, -0.1) is 21.5 Å². The summed E-state index contributed by atoms with van der Waals surface area (Å²) in [6.45, 7) is 2.66. The number of halogens is 1. The minimum atomic E-state index is -0.0414. The van der Waals surface area contributed by atoms with E-state index in [0.717, 1.165) is 34.9 Å². The normalized spacial score (nSPS) is 10.9. The lowest BCUT2D eigenvalue weighted by atomic mass is 10.2. The number of thioether (sulfide) groups is 1. The van der Waals surface area contributed by atoms with Crippen LogP contribution in [0.2, 0.25) is 5.02 Å². The van der Waals surface area contributed by atoms with Crippen LogP contribution < -0.4 is 5.32 Å². The maximum Gasteiger partial charge on any atom is 0.230 e. The zero-order valence-electron chi connectivity index (χ0n) is 15.2. The third-order valence-corrected chi connectivity index (χ3v) is 6.25. The van der Waals surface area contributed by atoms with Crippen molar-refractivity contribution in [1.82, 2.24) is 20.1 Å². The van der Waals surface area contributed by atoms with E-state index in [2.05, 4.69) is 33.9 Å². The molecule has 0 atom stereocenters. The second-order valence-corrected chi connectivity index (χ2v) is 8.48. The highest BCUT2D eigenvalue weighted by molar-refractivity contribution is 7.99. The predicted molar refractivity (Wildman–Crippen MR) is 112 cm³/mol. The summed E-state index contributed by atoms with van der Waals surface area (Å²) in [5, 5.41) is 15.0. The summed E-state index contributed by atoms with van der Waals surface area (Å²) >= 11 is 9.00. The number of carbonyl (C=O) groups is 1. The molecular formula is C19H21ClN4OS2. The fraction of sp³-hybridized carbons (Fsp3) is 0.316. The van der Waals surface area contributed by atoms with Crippen molar-refractivity contribution in [2.45, 2.75) is 31.5 Å². The SMILES string of the molecule is CCCc1cc(-c2nnc(SCC(=O)NCc3ccc(Cl)cc3)n2C)cs1. The van der Waals surface area contributed by atoms with E-state index in [9.17, 15) is 4.79 Å². The van der Waals surface area contributed by atoms with E-state index in [-0.39, 0.29) is 5.91 Å². The highest BCUT2D eigenvalue weighted by Crippen LogP contribution is 2.27.